The van der Waals surface area contributed by atoms with E-state index in [2.05, 4.69) is 78.9 Å². The average molecular weight is 962 g/mol. The van der Waals surface area contributed by atoms with Crippen LogP contribution >= 0.6 is 39.7 Å². The van der Waals surface area contributed by atoms with Crippen molar-refractivity contribution in [2.24, 2.45) is 0 Å². The second-order valence-electron chi connectivity index (χ2n) is 16.6. The Labute approximate surface area is 392 Å². The van der Waals surface area contributed by atoms with Gasteiger partial charge in [0.1, 0.15) is 11.5 Å². The quantitative estimate of drug-likeness (QED) is 0.114. The van der Waals surface area contributed by atoms with Gasteiger partial charge < -0.3 is 28.8 Å². The van der Waals surface area contributed by atoms with Crippen LogP contribution in [0.25, 0.3) is 41.7 Å². The molecule has 334 valence electrons. The molecule has 2 saturated heterocycles. The molecule has 2 aliphatic rings. The van der Waals surface area contributed by atoms with Crippen molar-refractivity contribution in [2.45, 2.75) is 38.8 Å². The van der Waals surface area contributed by atoms with Crippen molar-refractivity contribution in [1.29, 1.82) is 0 Å². The number of nitrogens with zero attached hydrogens (tertiary/aromatic N) is 6. The Morgan fingerprint density at radius 3 is 1.50 bits per heavy atom. The number of piperazine rings is 2. The third-order valence-electron chi connectivity index (χ3n) is 12.8. The number of ether oxygens (including phenoxy) is 1. The number of aromatic nitrogens is 2. The highest BCUT2D eigenvalue weighted by Crippen LogP contribution is 2.32. The zero-order valence-corrected chi connectivity index (χ0v) is 39.8. The van der Waals surface area contributed by atoms with E-state index in [0.717, 1.165) is 120 Å². The molecule has 0 radical (unpaired) electrons. The van der Waals surface area contributed by atoms with E-state index in [1.807, 2.05) is 58.6 Å². The number of rotatable bonds is 13. The molecule has 0 bridgehead atoms. The van der Waals surface area contributed by atoms with Crippen molar-refractivity contribution >= 4 is 92.7 Å². The van der Waals surface area contributed by atoms with Gasteiger partial charge in [0, 0.05) is 109 Å². The van der Waals surface area contributed by atoms with Crippen LogP contribution in [0.1, 0.15) is 25.7 Å². The maximum atomic E-state index is 12.8. The Morgan fingerprint density at radius 1 is 0.531 bits per heavy atom. The Bertz CT molecular complexity index is 2930. The van der Waals surface area contributed by atoms with Crippen molar-refractivity contribution in [3.8, 4) is 11.5 Å². The van der Waals surface area contributed by atoms with Gasteiger partial charge in [-0.05, 0) is 133 Å². The number of aromatic hydroxyl groups is 1. The number of anilines is 2. The molecule has 0 unspecified atom stereocenters. The summed E-state index contributed by atoms with van der Waals surface area (Å²) in [5.74, 6) is 0.860. The van der Waals surface area contributed by atoms with Crippen LogP contribution in [0.5, 0.6) is 11.5 Å². The monoisotopic (exact) mass is 960 g/mol. The molecule has 1 N–H and O–H groups in total. The molecule has 0 spiro atoms. The number of phenolic OH excluding ortho intramolecular Hbond substituents is 1. The molecule has 4 aromatic carbocycles. The summed E-state index contributed by atoms with van der Waals surface area (Å²) < 4.78 is 11.6. The number of hydrogen-bond donors (Lipinski definition) is 1. The zero-order chi connectivity index (χ0) is 43.1. The summed E-state index contributed by atoms with van der Waals surface area (Å²) in [6.07, 6.45) is 7.93. The second-order valence-corrected chi connectivity index (χ2v) is 18.5. The van der Waals surface area contributed by atoms with Crippen LogP contribution in [-0.4, -0.2) is 96.6 Å². The number of hydrogen-bond acceptors (Lipinski definition) is 10. The normalized spacial score (nSPS) is 14.8. The fourth-order valence-corrected chi connectivity index (χ4v) is 10.8. The van der Waals surface area contributed by atoms with Gasteiger partial charge in [0.15, 0.2) is 0 Å². The van der Waals surface area contributed by atoms with E-state index < -0.39 is 0 Å². The SMILES string of the molecule is Br.COc1ccc2ccn(CCCCN3CCN(c4cccc5sccc45)CC3)c(=O)c2c1.O=c1c2cc(O)ccc2ccn1CCCCN1CCN(c2cccc3sccc23)CC1. The molecule has 2 fully saturated rings. The van der Waals surface area contributed by atoms with E-state index in [1.165, 1.54) is 31.5 Å². The summed E-state index contributed by atoms with van der Waals surface area (Å²) in [4.78, 5) is 35.6. The number of fused-ring (bicyclic) bond motifs is 4. The van der Waals surface area contributed by atoms with E-state index in [-0.39, 0.29) is 33.8 Å². The van der Waals surface area contributed by atoms with Crippen molar-refractivity contribution in [1.82, 2.24) is 18.9 Å². The Balaban J connectivity index is 0.000000172. The minimum atomic E-state index is -0.0235. The lowest BCUT2D eigenvalue weighted by Crippen LogP contribution is -2.46. The lowest BCUT2D eigenvalue weighted by atomic mass is 10.1. The van der Waals surface area contributed by atoms with Crippen LogP contribution in [-0.2, 0) is 13.1 Å². The van der Waals surface area contributed by atoms with Gasteiger partial charge >= 0.3 is 0 Å². The predicted octanol–water partition coefficient (Wildman–Crippen LogP) is 9.93. The number of halogens is 1. The first-order valence-electron chi connectivity index (χ1n) is 22.3. The van der Waals surface area contributed by atoms with Gasteiger partial charge in [-0.15, -0.1) is 39.7 Å². The smallest absolute Gasteiger partial charge is 0.258 e. The maximum absolute atomic E-state index is 12.8. The van der Waals surface area contributed by atoms with Crippen LogP contribution in [0.2, 0.25) is 0 Å². The highest BCUT2D eigenvalue weighted by Gasteiger charge is 2.20. The van der Waals surface area contributed by atoms with E-state index in [9.17, 15) is 14.7 Å². The summed E-state index contributed by atoms with van der Waals surface area (Å²) in [6.45, 7) is 12.2. The third-order valence-corrected chi connectivity index (χ3v) is 14.5. The molecule has 10 nitrogen and oxygen atoms in total. The Hall–Kier alpha value is -5.18. The van der Waals surface area contributed by atoms with Gasteiger partial charge in [0.25, 0.3) is 11.1 Å². The highest BCUT2D eigenvalue weighted by atomic mass is 79.9. The van der Waals surface area contributed by atoms with Gasteiger partial charge in [-0.2, -0.15) is 0 Å². The van der Waals surface area contributed by atoms with Crippen LogP contribution < -0.4 is 25.7 Å². The number of thiophene rings is 2. The number of aryl methyl sites for hydroxylation is 2. The van der Waals surface area contributed by atoms with Crippen LogP contribution in [0.15, 0.2) is 130 Å². The van der Waals surface area contributed by atoms with Gasteiger partial charge in [0.2, 0.25) is 0 Å². The molecule has 2 aliphatic heterocycles. The standard InChI is InChI=1S/C26H29N3O2S.C25H27N3O2S.BrH/c1-31-21-8-7-20-9-13-29(26(30)23(20)19-21)12-3-2-11-27-14-16-28(17-15-27)24-5-4-6-25-22(24)10-18-32-25;29-20-7-6-19-8-12-28(25(30)22(19)18-20)11-2-1-10-26-13-15-27(16-14-26)23-4-3-5-24-21(23)9-17-31-24;/h4-10,13,18-19H,2-3,11-12,14-17H2,1H3;3-9,12,17-18,29H,1-2,10-11,13-16H2;1H. The largest absolute Gasteiger partial charge is 0.508 e. The van der Waals surface area contributed by atoms with Crippen molar-refractivity contribution in [2.75, 3.05) is 82.4 Å². The minimum Gasteiger partial charge on any atom is -0.508 e. The summed E-state index contributed by atoms with van der Waals surface area (Å²) in [5.41, 5.74) is 2.78. The summed E-state index contributed by atoms with van der Waals surface area (Å²) >= 11 is 3.62. The maximum Gasteiger partial charge on any atom is 0.258 e. The first-order chi connectivity index (χ1) is 30.9. The molecule has 0 saturated carbocycles. The molecule has 0 aliphatic carbocycles. The molecule has 0 atom stereocenters. The van der Waals surface area contributed by atoms with Crippen molar-refractivity contribution in [3.05, 3.63) is 141 Å². The molecule has 6 heterocycles. The van der Waals surface area contributed by atoms with Crippen molar-refractivity contribution in [3.63, 3.8) is 0 Å². The van der Waals surface area contributed by atoms with Gasteiger partial charge in [-0.1, -0.05) is 24.3 Å². The topological polar surface area (TPSA) is 86.4 Å². The fraction of sp³-hybridized carbons (Fsp3) is 0.333. The average Bonchev–Trinajstić information content (AvgIpc) is 4.02. The first-order valence-corrected chi connectivity index (χ1v) is 24.0. The lowest BCUT2D eigenvalue weighted by molar-refractivity contribution is 0.251. The zero-order valence-electron chi connectivity index (χ0n) is 36.4. The molecule has 8 aromatic rings. The Morgan fingerprint density at radius 2 is 1.00 bits per heavy atom. The highest BCUT2D eigenvalue weighted by molar-refractivity contribution is 8.93. The number of phenols is 1. The van der Waals surface area contributed by atoms with Crippen LogP contribution in [0.3, 0.4) is 0 Å². The fourth-order valence-electron chi connectivity index (χ4n) is 9.17. The molecule has 4 aromatic heterocycles. The second kappa shape index (κ2) is 21.2. The van der Waals surface area contributed by atoms with E-state index >= 15 is 0 Å². The van der Waals surface area contributed by atoms with Gasteiger partial charge in [-0.3, -0.25) is 19.4 Å². The number of methoxy groups -OCH3 is 1. The van der Waals surface area contributed by atoms with E-state index in [1.54, 1.807) is 41.2 Å². The molecular formula is C51H57BrN6O4S2. The lowest BCUT2D eigenvalue weighted by Gasteiger charge is -2.36. The molecular weight excluding hydrogens is 905 g/mol. The third kappa shape index (κ3) is 10.3. The summed E-state index contributed by atoms with van der Waals surface area (Å²) in [6, 6.07) is 32.3. The Kier molecular flexibility index (Phi) is 15.0. The molecule has 0 amide bonds. The molecule has 13 heteroatoms. The summed E-state index contributed by atoms with van der Waals surface area (Å²) in [7, 11) is 1.63. The predicted molar refractivity (Wildman–Crippen MR) is 274 cm³/mol. The van der Waals surface area contributed by atoms with Crippen LogP contribution in [0.4, 0.5) is 11.4 Å². The molecule has 10 rings (SSSR count). The number of unbranched alkanes of at least 4 members (excludes halogenated alkanes) is 2. The van der Waals surface area contributed by atoms with E-state index in [4.69, 9.17) is 4.74 Å². The minimum absolute atomic E-state index is 0. The van der Waals surface area contributed by atoms with Crippen LogP contribution in [0, 0.1) is 0 Å². The molecule has 64 heavy (non-hydrogen) atoms. The summed E-state index contributed by atoms with van der Waals surface area (Å²) in [5, 5.41) is 19.9. The first kappa shape index (κ1) is 45.4. The van der Waals surface area contributed by atoms with Gasteiger partial charge in [-0.25, -0.2) is 0 Å². The van der Waals surface area contributed by atoms with Gasteiger partial charge in [0.05, 0.1) is 17.9 Å². The van der Waals surface area contributed by atoms with Crippen molar-refractivity contribution < 1.29 is 9.84 Å². The van der Waals surface area contributed by atoms with E-state index in [0.29, 0.717) is 11.9 Å². The number of benzene rings is 4. The number of pyridine rings is 2.